The summed E-state index contributed by atoms with van der Waals surface area (Å²) < 4.78 is 10.5. The van der Waals surface area contributed by atoms with Crippen molar-refractivity contribution in [2.45, 2.75) is 26.7 Å². The zero-order valence-electron chi connectivity index (χ0n) is 12.2. The Morgan fingerprint density at radius 2 is 2.00 bits per heavy atom. The first-order valence-corrected chi connectivity index (χ1v) is 6.71. The molecule has 114 valence electrons. The molecule has 6 heteroatoms. The van der Waals surface area contributed by atoms with Crippen LogP contribution in [0.15, 0.2) is 35.9 Å². The van der Waals surface area contributed by atoms with Crippen molar-refractivity contribution in [1.82, 2.24) is 0 Å². The van der Waals surface area contributed by atoms with E-state index in [0.717, 1.165) is 12.0 Å². The SMILES string of the molecule is CCCC(=O)OCC=C(C)COc1ccc([N+](=O)[O-])cc1. The summed E-state index contributed by atoms with van der Waals surface area (Å²) in [6, 6.07) is 5.88. The van der Waals surface area contributed by atoms with Crippen molar-refractivity contribution in [3.63, 3.8) is 0 Å². The Hall–Kier alpha value is -2.37. The minimum absolute atomic E-state index is 0.0254. The molecule has 0 unspecified atom stereocenters. The van der Waals surface area contributed by atoms with Crippen LogP contribution < -0.4 is 4.74 Å². The van der Waals surface area contributed by atoms with Crippen molar-refractivity contribution in [2.24, 2.45) is 0 Å². The zero-order chi connectivity index (χ0) is 15.7. The van der Waals surface area contributed by atoms with Crippen LogP contribution in [-0.2, 0) is 9.53 Å². The average molecular weight is 293 g/mol. The largest absolute Gasteiger partial charge is 0.489 e. The standard InChI is InChI=1S/C15H19NO5/c1-3-4-15(17)20-10-9-12(2)11-21-14-7-5-13(6-8-14)16(18)19/h5-9H,3-4,10-11H2,1-2H3. The fourth-order valence-corrected chi connectivity index (χ4v) is 1.47. The second-order valence-corrected chi connectivity index (χ2v) is 4.52. The van der Waals surface area contributed by atoms with Gasteiger partial charge in [0.2, 0.25) is 0 Å². The van der Waals surface area contributed by atoms with Gasteiger partial charge in [0.15, 0.2) is 0 Å². The van der Waals surface area contributed by atoms with Gasteiger partial charge in [-0.1, -0.05) is 6.92 Å². The highest BCUT2D eigenvalue weighted by Gasteiger charge is 2.04. The lowest BCUT2D eigenvalue weighted by Crippen LogP contribution is -2.05. The molecule has 21 heavy (non-hydrogen) atoms. The first-order chi connectivity index (χ1) is 10.0. The van der Waals surface area contributed by atoms with Crippen LogP contribution in [0.1, 0.15) is 26.7 Å². The topological polar surface area (TPSA) is 78.7 Å². The first-order valence-electron chi connectivity index (χ1n) is 6.71. The quantitative estimate of drug-likeness (QED) is 0.318. The molecule has 1 aromatic rings. The number of esters is 1. The van der Waals surface area contributed by atoms with Gasteiger partial charge in [0.25, 0.3) is 5.69 Å². The molecule has 6 nitrogen and oxygen atoms in total. The molecule has 0 bridgehead atoms. The van der Waals surface area contributed by atoms with Crippen LogP contribution in [0.3, 0.4) is 0 Å². The summed E-state index contributed by atoms with van der Waals surface area (Å²) in [7, 11) is 0. The van der Waals surface area contributed by atoms with Gasteiger partial charge in [0, 0.05) is 18.6 Å². The second kappa shape index (κ2) is 8.73. The van der Waals surface area contributed by atoms with E-state index in [1.54, 1.807) is 18.2 Å². The summed E-state index contributed by atoms with van der Waals surface area (Å²) in [6.07, 6.45) is 2.97. The van der Waals surface area contributed by atoms with Crippen molar-refractivity contribution < 1.29 is 19.2 Å². The number of nitrogens with zero attached hydrogens (tertiary/aromatic N) is 1. The number of hydrogen-bond donors (Lipinski definition) is 0. The van der Waals surface area contributed by atoms with Gasteiger partial charge in [-0.2, -0.15) is 0 Å². The fourth-order valence-electron chi connectivity index (χ4n) is 1.47. The molecule has 0 spiro atoms. The van der Waals surface area contributed by atoms with Crippen LogP contribution in [0.4, 0.5) is 5.69 Å². The Bertz CT molecular complexity index is 507. The molecule has 0 aliphatic carbocycles. The van der Waals surface area contributed by atoms with Gasteiger partial charge >= 0.3 is 5.97 Å². The third-order valence-electron chi connectivity index (χ3n) is 2.64. The van der Waals surface area contributed by atoms with Crippen molar-refractivity contribution >= 4 is 11.7 Å². The normalized spacial score (nSPS) is 11.0. The number of nitro benzene ring substituents is 1. The Morgan fingerprint density at radius 1 is 1.33 bits per heavy atom. The van der Waals surface area contributed by atoms with Crippen LogP contribution >= 0.6 is 0 Å². The zero-order valence-corrected chi connectivity index (χ0v) is 12.2. The molecule has 1 rings (SSSR count). The van der Waals surface area contributed by atoms with Gasteiger partial charge in [-0.3, -0.25) is 14.9 Å². The fraction of sp³-hybridized carbons (Fsp3) is 0.400. The molecule has 0 aliphatic heterocycles. The number of rotatable bonds is 8. The van der Waals surface area contributed by atoms with E-state index in [4.69, 9.17) is 9.47 Å². The van der Waals surface area contributed by atoms with Gasteiger partial charge in [-0.25, -0.2) is 0 Å². The predicted octanol–water partition coefficient (Wildman–Crippen LogP) is 3.26. The number of ether oxygens (including phenoxy) is 2. The summed E-state index contributed by atoms with van der Waals surface area (Å²) in [5, 5.41) is 10.5. The molecular weight excluding hydrogens is 274 g/mol. The van der Waals surface area contributed by atoms with Crippen molar-refractivity contribution in [1.29, 1.82) is 0 Å². The number of non-ortho nitro benzene ring substituents is 1. The maximum absolute atomic E-state index is 11.2. The third kappa shape index (κ3) is 6.56. The molecule has 0 aliphatic rings. The second-order valence-electron chi connectivity index (χ2n) is 4.52. The number of nitro groups is 1. The number of carbonyl (C=O) groups excluding carboxylic acids is 1. The van der Waals surface area contributed by atoms with Crippen LogP contribution in [0.25, 0.3) is 0 Å². The summed E-state index contributed by atoms with van der Waals surface area (Å²) >= 11 is 0. The molecule has 0 N–H and O–H groups in total. The summed E-state index contributed by atoms with van der Waals surface area (Å²) in [6.45, 7) is 4.34. The number of carbonyl (C=O) groups is 1. The van der Waals surface area contributed by atoms with E-state index in [-0.39, 0.29) is 18.3 Å². The maximum Gasteiger partial charge on any atom is 0.306 e. The molecular formula is C15H19NO5. The highest BCUT2D eigenvalue weighted by Crippen LogP contribution is 2.17. The number of hydrogen-bond acceptors (Lipinski definition) is 5. The molecule has 0 aromatic heterocycles. The smallest absolute Gasteiger partial charge is 0.306 e. The highest BCUT2D eigenvalue weighted by molar-refractivity contribution is 5.69. The molecule has 0 atom stereocenters. The van der Waals surface area contributed by atoms with Gasteiger partial charge in [0.05, 0.1) is 4.92 Å². The van der Waals surface area contributed by atoms with E-state index in [1.165, 1.54) is 12.1 Å². The van der Waals surface area contributed by atoms with E-state index in [1.807, 2.05) is 13.8 Å². The number of benzene rings is 1. The Morgan fingerprint density at radius 3 is 2.57 bits per heavy atom. The van der Waals surface area contributed by atoms with Gasteiger partial charge < -0.3 is 9.47 Å². The lowest BCUT2D eigenvalue weighted by molar-refractivity contribution is -0.384. The molecule has 0 saturated carbocycles. The molecule has 1 aromatic carbocycles. The van der Waals surface area contributed by atoms with E-state index in [2.05, 4.69) is 0 Å². The van der Waals surface area contributed by atoms with Crippen molar-refractivity contribution in [3.05, 3.63) is 46.0 Å². The van der Waals surface area contributed by atoms with Crippen LogP contribution in [0.5, 0.6) is 5.75 Å². The van der Waals surface area contributed by atoms with Crippen LogP contribution in [0.2, 0.25) is 0 Å². The van der Waals surface area contributed by atoms with Crippen LogP contribution in [-0.4, -0.2) is 24.1 Å². The lowest BCUT2D eigenvalue weighted by Gasteiger charge is -2.06. The van der Waals surface area contributed by atoms with E-state index >= 15 is 0 Å². The van der Waals surface area contributed by atoms with E-state index < -0.39 is 4.92 Å². The first kappa shape index (κ1) is 16.7. The maximum atomic E-state index is 11.2. The minimum Gasteiger partial charge on any atom is -0.489 e. The molecule has 0 heterocycles. The molecule has 0 saturated heterocycles. The van der Waals surface area contributed by atoms with Gasteiger partial charge in [-0.05, 0) is 37.1 Å². The highest BCUT2D eigenvalue weighted by atomic mass is 16.6. The van der Waals surface area contributed by atoms with Gasteiger partial charge in [-0.15, -0.1) is 0 Å². The molecule has 0 amide bonds. The summed E-state index contributed by atoms with van der Waals surface area (Å²) in [4.78, 5) is 21.2. The van der Waals surface area contributed by atoms with Crippen molar-refractivity contribution in [3.8, 4) is 5.75 Å². The van der Waals surface area contributed by atoms with Crippen LogP contribution in [0, 0.1) is 10.1 Å². The molecule has 0 fully saturated rings. The summed E-state index contributed by atoms with van der Waals surface area (Å²) in [5.74, 6) is 0.342. The minimum atomic E-state index is -0.459. The Balaban J connectivity index is 2.36. The monoisotopic (exact) mass is 293 g/mol. The van der Waals surface area contributed by atoms with E-state index in [9.17, 15) is 14.9 Å². The summed E-state index contributed by atoms with van der Waals surface area (Å²) in [5.41, 5.74) is 0.940. The van der Waals surface area contributed by atoms with Gasteiger partial charge in [0.1, 0.15) is 19.0 Å². The molecule has 0 radical (unpaired) electrons. The Labute approximate surface area is 123 Å². The van der Waals surface area contributed by atoms with Crippen molar-refractivity contribution in [2.75, 3.05) is 13.2 Å². The third-order valence-corrected chi connectivity index (χ3v) is 2.64. The average Bonchev–Trinajstić information content (AvgIpc) is 2.46. The Kier molecular flexibility index (Phi) is 6.94. The van der Waals surface area contributed by atoms with E-state index in [0.29, 0.717) is 18.8 Å². The lowest BCUT2D eigenvalue weighted by atomic mass is 10.3. The predicted molar refractivity (Wildman–Crippen MR) is 78.2 cm³/mol.